The van der Waals surface area contributed by atoms with Gasteiger partial charge in [0.25, 0.3) is 11.5 Å². The number of amides is 1. The van der Waals surface area contributed by atoms with E-state index in [1.807, 2.05) is 6.92 Å². The number of anilines is 3. The third-order valence-corrected chi connectivity index (χ3v) is 6.16. The van der Waals surface area contributed by atoms with Gasteiger partial charge in [0.1, 0.15) is 5.52 Å². The largest absolute Gasteiger partial charge is 0.416 e. The molecule has 3 heterocycles. The molecule has 0 aliphatic carbocycles. The van der Waals surface area contributed by atoms with Crippen molar-refractivity contribution in [2.24, 2.45) is 14.1 Å². The summed E-state index contributed by atoms with van der Waals surface area (Å²) < 4.78 is 42.3. The third kappa shape index (κ3) is 5.21. The lowest BCUT2D eigenvalue weighted by Crippen LogP contribution is -2.20. The molecule has 0 aliphatic rings. The minimum atomic E-state index is -4.56. The van der Waals surface area contributed by atoms with Crippen molar-refractivity contribution in [2.75, 3.05) is 10.6 Å². The molecule has 0 fully saturated rings. The number of hydrogen-bond donors (Lipinski definition) is 2. The van der Waals surface area contributed by atoms with Crippen LogP contribution in [0.5, 0.6) is 0 Å². The maximum Gasteiger partial charge on any atom is 0.416 e. The number of hydrogen-bond acceptors (Lipinski definition) is 6. The summed E-state index contributed by atoms with van der Waals surface area (Å²) in [5.41, 5.74) is 1.88. The van der Waals surface area contributed by atoms with Crippen molar-refractivity contribution in [1.29, 1.82) is 0 Å². The SMILES string of the molecule is Cc1ccc(NC(=O)c2cccc(C(F)(F)F)c2)cc1-c1cc2cnc(Nc3cnn(C)c3)nc2c(=O)n1C. The number of fused-ring (bicyclic) bond motifs is 1. The van der Waals surface area contributed by atoms with E-state index in [2.05, 4.69) is 25.7 Å². The van der Waals surface area contributed by atoms with Crippen molar-refractivity contribution in [2.45, 2.75) is 13.1 Å². The number of halogens is 3. The summed E-state index contributed by atoms with van der Waals surface area (Å²) in [4.78, 5) is 34.7. The molecule has 0 unspecified atom stereocenters. The van der Waals surface area contributed by atoms with Crippen LogP contribution in [0.2, 0.25) is 0 Å². The molecular formula is C27H22F3N7O2. The monoisotopic (exact) mass is 533 g/mol. The van der Waals surface area contributed by atoms with Crippen molar-refractivity contribution in [1.82, 2.24) is 24.3 Å². The first-order chi connectivity index (χ1) is 18.5. The molecule has 0 atom stereocenters. The second kappa shape index (κ2) is 9.71. The van der Waals surface area contributed by atoms with Crippen LogP contribution in [0.3, 0.4) is 0 Å². The van der Waals surface area contributed by atoms with Gasteiger partial charge in [-0.2, -0.15) is 18.3 Å². The number of aryl methyl sites for hydroxylation is 2. The first-order valence-electron chi connectivity index (χ1n) is 11.7. The first-order valence-corrected chi connectivity index (χ1v) is 11.7. The second-order valence-electron chi connectivity index (χ2n) is 8.98. The van der Waals surface area contributed by atoms with Gasteiger partial charge in [-0.3, -0.25) is 14.3 Å². The fourth-order valence-electron chi connectivity index (χ4n) is 4.13. The molecule has 1 amide bonds. The predicted octanol–water partition coefficient (Wildman–Crippen LogP) is 5.05. The molecule has 9 nitrogen and oxygen atoms in total. The fourth-order valence-corrected chi connectivity index (χ4v) is 4.13. The summed E-state index contributed by atoms with van der Waals surface area (Å²) in [6.07, 6.45) is 0.334. The van der Waals surface area contributed by atoms with Gasteiger partial charge in [0, 0.05) is 48.7 Å². The first kappa shape index (κ1) is 25.6. The summed E-state index contributed by atoms with van der Waals surface area (Å²) in [6, 6.07) is 11.0. The Bertz CT molecular complexity index is 1790. The molecule has 0 spiro atoms. The van der Waals surface area contributed by atoms with Gasteiger partial charge in [0.2, 0.25) is 5.95 Å². The van der Waals surface area contributed by atoms with Gasteiger partial charge >= 0.3 is 6.18 Å². The number of carbonyl (C=O) groups excluding carboxylic acids is 1. The van der Waals surface area contributed by atoms with E-state index in [4.69, 9.17) is 0 Å². The Morgan fingerprint density at radius 2 is 1.79 bits per heavy atom. The lowest BCUT2D eigenvalue weighted by atomic mass is 10.0. The van der Waals surface area contributed by atoms with E-state index in [1.165, 1.54) is 16.7 Å². The molecule has 0 saturated carbocycles. The lowest BCUT2D eigenvalue weighted by molar-refractivity contribution is -0.137. The maximum atomic E-state index is 13.3. The van der Waals surface area contributed by atoms with Crippen molar-refractivity contribution in [3.8, 4) is 11.3 Å². The van der Waals surface area contributed by atoms with E-state index in [9.17, 15) is 22.8 Å². The summed E-state index contributed by atoms with van der Waals surface area (Å²) in [5.74, 6) is -0.443. The number of benzene rings is 2. The smallest absolute Gasteiger partial charge is 0.322 e. The van der Waals surface area contributed by atoms with Gasteiger partial charge < -0.3 is 15.2 Å². The Kier molecular flexibility index (Phi) is 6.38. The van der Waals surface area contributed by atoms with Crippen LogP contribution in [0.25, 0.3) is 22.2 Å². The second-order valence-corrected chi connectivity index (χ2v) is 8.98. The van der Waals surface area contributed by atoms with Crippen LogP contribution >= 0.6 is 0 Å². The molecular weight excluding hydrogens is 511 g/mol. The van der Waals surface area contributed by atoms with Crippen molar-refractivity contribution in [3.63, 3.8) is 0 Å². The van der Waals surface area contributed by atoms with E-state index in [1.54, 1.807) is 61.6 Å². The number of pyridine rings is 1. The molecule has 39 heavy (non-hydrogen) atoms. The van der Waals surface area contributed by atoms with Crippen LogP contribution in [-0.2, 0) is 20.3 Å². The highest BCUT2D eigenvalue weighted by Crippen LogP contribution is 2.31. The van der Waals surface area contributed by atoms with Gasteiger partial charge in [-0.1, -0.05) is 12.1 Å². The highest BCUT2D eigenvalue weighted by Gasteiger charge is 2.31. The normalized spacial score (nSPS) is 11.5. The fraction of sp³-hybridized carbons (Fsp3) is 0.148. The predicted molar refractivity (Wildman–Crippen MR) is 141 cm³/mol. The number of nitrogens with one attached hydrogen (secondary N) is 2. The Morgan fingerprint density at radius 1 is 1.00 bits per heavy atom. The average molecular weight is 534 g/mol. The van der Waals surface area contributed by atoms with Crippen LogP contribution in [0.15, 0.2) is 71.9 Å². The van der Waals surface area contributed by atoms with E-state index >= 15 is 0 Å². The maximum absolute atomic E-state index is 13.3. The van der Waals surface area contributed by atoms with Crippen molar-refractivity contribution in [3.05, 3.63) is 94.2 Å². The van der Waals surface area contributed by atoms with E-state index in [0.29, 0.717) is 28.0 Å². The number of alkyl halides is 3. The van der Waals surface area contributed by atoms with E-state index < -0.39 is 17.6 Å². The zero-order valence-electron chi connectivity index (χ0n) is 21.0. The van der Waals surface area contributed by atoms with Gasteiger partial charge in [-0.25, -0.2) is 9.97 Å². The Hall–Kier alpha value is -5.00. The summed E-state index contributed by atoms with van der Waals surface area (Å²) >= 11 is 0. The number of carbonyl (C=O) groups is 1. The highest BCUT2D eigenvalue weighted by atomic mass is 19.4. The average Bonchev–Trinajstić information content (AvgIpc) is 3.31. The minimum Gasteiger partial charge on any atom is -0.322 e. The molecule has 2 aromatic carbocycles. The topological polar surface area (TPSA) is 107 Å². The van der Waals surface area contributed by atoms with Gasteiger partial charge in [-0.05, 0) is 48.9 Å². The molecule has 5 rings (SSSR count). The summed E-state index contributed by atoms with van der Waals surface area (Å²) in [5, 5.41) is 10.3. The standard InChI is InChI=1S/C27H22F3N7O2/c1-15-7-8-19(33-24(38)16-5-4-6-18(9-16)27(28,29)30)11-21(15)22-10-17-12-31-26(34-20-13-32-36(2)14-20)35-23(17)25(39)37(22)3/h4-14H,1-3H3,(H,33,38)(H,31,34,35). The van der Waals surface area contributed by atoms with Crippen LogP contribution in [0, 0.1) is 6.92 Å². The molecule has 0 aliphatic heterocycles. The van der Waals surface area contributed by atoms with Crippen molar-refractivity contribution < 1.29 is 18.0 Å². The zero-order chi connectivity index (χ0) is 27.9. The highest BCUT2D eigenvalue weighted by molar-refractivity contribution is 6.04. The van der Waals surface area contributed by atoms with E-state index in [0.717, 1.165) is 17.7 Å². The lowest BCUT2D eigenvalue weighted by Gasteiger charge is -2.15. The van der Waals surface area contributed by atoms with Crippen LogP contribution in [0.4, 0.5) is 30.5 Å². The van der Waals surface area contributed by atoms with Crippen LogP contribution in [-0.4, -0.2) is 30.2 Å². The summed E-state index contributed by atoms with van der Waals surface area (Å²) in [6.45, 7) is 1.85. The third-order valence-electron chi connectivity index (χ3n) is 6.16. The quantitative estimate of drug-likeness (QED) is 0.327. The Labute approximate surface area is 220 Å². The molecule has 0 bridgehead atoms. The Balaban J connectivity index is 1.47. The zero-order valence-corrected chi connectivity index (χ0v) is 21.0. The Morgan fingerprint density at radius 3 is 2.51 bits per heavy atom. The van der Waals surface area contributed by atoms with Crippen LogP contribution in [0.1, 0.15) is 21.5 Å². The molecule has 2 N–H and O–H groups in total. The number of nitrogens with zero attached hydrogens (tertiary/aromatic N) is 5. The minimum absolute atomic E-state index is 0.127. The molecule has 5 aromatic rings. The van der Waals surface area contributed by atoms with Gasteiger partial charge in [-0.15, -0.1) is 0 Å². The van der Waals surface area contributed by atoms with Crippen LogP contribution < -0.4 is 16.2 Å². The molecule has 3 aromatic heterocycles. The van der Waals surface area contributed by atoms with Gasteiger partial charge in [0.15, 0.2) is 0 Å². The number of rotatable bonds is 5. The summed E-state index contributed by atoms with van der Waals surface area (Å²) in [7, 11) is 3.39. The number of aromatic nitrogens is 5. The molecule has 0 saturated heterocycles. The molecule has 0 radical (unpaired) electrons. The van der Waals surface area contributed by atoms with E-state index in [-0.39, 0.29) is 22.6 Å². The molecule has 198 valence electrons. The molecule has 12 heteroatoms. The van der Waals surface area contributed by atoms with Gasteiger partial charge in [0.05, 0.1) is 23.1 Å². The van der Waals surface area contributed by atoms with Crippen molar-refractivity contribution >= 4 is 34.1 Å².